The number of hydrogen-bond donors (Lipinski definition) is 2. The molecule has 30 heavy (non-hydrogen) atoms. The van der Waals surface area contributed by atoms with Gasteiger partial charge in [-0.15, -0.1) is 0 Å². The molecule has 0 saturated heterocycles. The number of aromatic amines is 1. The van der Waals surface area contributed by atoms with Crippen molar-refractivity contribution in [2.45, 2.75) is 32.9 Å². The highest BCUT2D eigenvalue weighted by Gasteiger charge is 2.52. The molecule has 1 aromatic heterocycles. The molecule has 0 aliphatic carbocycles. The summed E-state index contributed by atoms with van der Waals surface area (Å²) in [5.41, 5.74) is 5.38. The van der Waals surface area contributed by atoms with Crippen LogP contribution in [0.1, 0.15) is 33.5 Å². The van der Waals surface area contributed by atoms with E-state index in [1.807, 2.05) is 62.4 Å². The number of benzene rings is 3. The van der Waals surface area contributed by atoms with Crippen molar-refractivity contribution in [1.82, 2.24) is 4.98 Å². The largest absolute Gasteiger partial charge is 0.372 e. The number of nitrogens with zero attached hydrogens (tertiary/aromatic N) is 1. The van der Waals surface area contributed by atoms with Crippen LogP contribution >= 0.6 is 0 Å². The third kappa shape index (κ3) is 2.54. The molecule has 1 aliphatic rings. The molecule has 5 rings (SSSR count). The molecule has 2 N–H and O–H groups in total. The maximum atomic E-state index is 13.8. The maximum Gasteiger partial charge on any atom is 0.268 e. The quantitative estimate of drug-likeness (QED) is 0.519. The molecule has 1 amide bonds. The SMILES string of the molecule is Cc1ccc(C)c(CN2C(=O)[C@](O)(c3c(C)[nH]c4ccccc34)c3ccccc32)c1. The fraction of sp³-hybridized carbons (Fsp3) is 0.192. The molecule has 2 heterocycles. The van der Waals surface area contributed by atoms with Crippen molar-refractivity contribution in [2.75, 3.05) is 4.90 Å². The van der Waals surface area contributed by atoms with Gasteiger partial charge in [0.2, 0.25) is 0 Å². The molecular formula is C26H24N2O2. The van der Waals surface area contributed by atoms with E-state index in [1.165, 1.54) is 0 Å². The molecule has 3 aromatic carbocycles. The highest BCUT2D eigenvalue weighted by molar-refractivity contribution is 6.11. The summed E-state index contributed by atoms with van der Waals surface area (Å²) in [4.78, 5) is 18.9. The van der Waals surface area contributed by atoms with Gasteiger partial charge in [0.25, 0.3) is 5.91 Å². The average Bonchev–Trinajstić information content (AvgIpc) is 3.18. The lowest BCUT2D eigenvalue weighted by molar-refractivity contribution is -0.132. The topological polar surface area (TPSA) is 56.3 Å². The first-order chi connectivity index (χ1) is 14.4. The van der Waals surface area contributed by atoms with Crippen LogP contribution in [0.4, 0.5) is 5.69 Å². The first-order valence-corrected chi connectivity index (χ1v) is 10.2. The van der Waals surface area contributed by atoms with Crippen LogP contribution in [0, 0.1) is 20.8 Å². The zero-order valence-electron chi connectivity index (χ0n) is 17.4. The predicted octanol–water partition coefficient (Wildman–Crippen LogP) is 4.88. The third-order valence-corrected chi connectivity index (χ3v) is 6.23. The summed E-state index contributed by atoms with van der Waals surface area (Å²) in [5.74, 6) is -0.308. The zero-order chi connectivity index (χ0) is 21.0. The Balaban J connectivity index is 1.70. The van der Waals surface area contributed by atoms with Crippen molar-refractivity contribution in [3.63, 3.8) is 0 Å². The van der Waals surface area contributed by atoms with Gasteiger partial charge in [-0.05, 0) is 44.0 Å². The molecule has 0 unspecified atom stereocenters. The van der Waals surface area contributed by atoms with Crippen LogP contribution in [0.25, 0.3) is 10.9 Å². The van der Waals surface area contributed by atoms with Crippen molar-refractivity contribution in [1.29, 1.82) is 0 Å². The first kappa shape index (κ1) is 18.6. The molecule has 1 atom stereocenters. The number of para-hydroxylation sites is 2. The Labute approximate surface area is 175 Å². The molecule has 0 fully saturated rings. The van der Waals surface area contributed by atoms with E-state index < -0.39 is 5.60 Å². The first-order valence-electron chi connectivity index (χ1n) is 10.2. The van der Waals surface area contributed by atoms with Gasteiger partial charge in [-0.1, -0.05) is 60.2 Å². The number of aromatic nitrogens is 1. The van der Waals surface area contributed by atoms with Gasteiger partial charge in [0, 0.05) is 27.7 Å². The highest BCUT2D eigenvalue weighted by Crippen LogP contribution is 2.48. The summed E-state index contributed by atoms with van der Waals surface area (Å²) in [7, 11) is 0. The predicted molar refractivity (Wildman–Crippen MR) is 120 cm³/mol. The molecule has 4 heteroatoms. The van der Waals surface area contributed by atoms with Gasteiger partial charge in [-0.2, -0.15) is 0 Å². The molecule has 0 saturated carbocycles. The minimum atomic E-state index is -1.72. The van der Waals surface area contributed by atoms with E-state index in [1.54, 1.807) is 4.90 Å². The fourth-order valence-electron chi connectivity index (χ4n) is 4.72. The highest BCUT2D eigenvalue weighted by atomic mass is 16.3. The molecule has 1 aliphatic heterocycles. The number of carbonyl (C=O) groups is 1. The minimum Gasteiger partial charge on any atom is -0.372 e. The Kier molecular flexibility index (Phi) is 4.09. The number of anilines is 1. The van der Waals surface area contributed by atoms with Crippen LogP contribution in [0.15, 0.2) is 66.7 Å². The van der Waals surface area contributed by atoms with Crippen molar-refractivity contribution >= 4 is 22.5 Å². The van der Waals surface area contributed by atoms with Crippen LogP contribution in [-0.2, 0) is 16.9 Å². The third-order valence-electron chi connectivity index (χ3n) is 6.23. The molecule has 4 aromatic rings. The van der Waals surface area contributed by atoms with Gasteiger partial charge in [0.1, 0.15) is 0 Å². The lowest BCUT2D eigenvalue weighted by Crippen LogP contribution is -2.41. The van der Waals surface area contributed by atoms with Crippen molar-refractivity contribution in [2.24, 2.45) is 0 Å². The summed E-state index contributed by atoms with van der Waals surface area (Å²) in [5, 5.41) is 12.9. The van der Waals surface area contributed by atoms with E-state index in [0.717, 1.165) is 39.0 Å². The Hall–Kier alpha value is -3.37. The Morgan fingerprint density at radius 2 is 1.70 bits per heavy atom. The van der Waals surface area contributed by atoms with E-state index >= 15 is 0 Å². The van der Waals surface area contributed by atoms with E-state index in [0.29, 0.717) is 17.7 Å². The number of amides is 1. The number of aliphatic hydroxyl groups is 1. The number of hydrogen-bond acceptors (Lipinski definition) is 2. The van der Waals surface area contributed by atoms with Crippen molar-refractivity contribution in [3.8, 4) is 0 Å². The van der Waals surface area contributed by atoms with Gasteiger partial charge >= 0.3 is 0 Å². The summed E-state index contributed by atoms with van der Waals surface area (Å²) in [6.45, 7) is 6.44. The lowest BCUT2D eigenvalue weighted by Gasteiger charge is -2.24. The standard InChI is InChI=1S/C26H24N2O2/c1-16-12-13-17(2)19(14-16)15-28-23-11-7-5-9-21(23)26(30,25(28)29)24-18(3)27-22-10-6-4-8-20(22)24/h4-14,27,30H,15H2,1-3H3/t26-/m1/s1. The minimum absolute atomic E-state index is 0.308. The number of nitrogens with one attached hydrogen (secondary N) is 1. The Bertz CT molecular complexity index is 1300. The van der Waals surface area contributed by atoms with Crippen LogP contribution in [-0.4, -0.2) is 16.0 Å². The summed E-state index contributed by atoms with van der Waals surface area (Å²) < 4.78 is 0. The van der Waals surface area contributed by atoms with Gasteiger partial charge in [-0.3, -0.25) is 4.79 Å². The summed E-state index contributed by atoms with van der Waals surface area (Å²) >= 11 is 0. The van der Waals surface area contributed by atoms with Crippen LogP contribution in [0.3, 0.4) is 0 Å². The normalized spacial score (nSPS) is 18.3. The zero-order valence-corrected chi connectivity index (χ0v) is 17.4. The molecule has 0 radical (unpaired) electrons. The molecule has 4 nitrogen and oxygen atoms in total. The second-order valence-electron chi connectivity index (χ2n) is 8.22. The van der Waals surface area contributed by atoms with E-state index in [2.05, 4.69) is 30.1 Å². The maximum absolute atomic E-state index is 13.8. The number of aryl methyl sites for hydroxylation is 3. The molecule has 0 spiro atoms. The molecule has 150 valence electrons. The second kappa shape index (κ2) is 6.57. The smallest absolute Gasteiger partial charge is 0.268 e. The average molecular weight is 396 g/mol. The number of fused-ring (bicyclic) bond motifs is 2. The van der Waals surface area contributed by atoms with Crippen LogP contribution < -0.4 is 4.90 Å². The van der Waals surface area contributed by atoms with E-state index in [-0.39, 0.29) is 5.91 Å². The second-order valence-corrected chi connectivity index (χ2v) is 8.22. The van der Waals surface area contributed by atoms with Crippen molar-refractivity contribution in [3.05, 3.63) is 100 Å². The summed E-state index contributed by atoms with van der Waals surface area (Å²) in [6, 6.07) is 21.6. The monoisotopic (exact) mass is 396 g/mol. The Morgan fingerprint density at radius 1 is 0.967 bits per heavy atom. The number of rotatable bonds is 3. The van der Waals surface area contributed by atoms with Gasteiger partial charge in [-0.25, -0.2) is 0 Å². The van der Waals surface area contributed by atoms with Gasteiger partial charge < -0.3 is 15.0 Å². The Morgan fingerprint density at radius 3 is 2.53 bits per heavy atom. The number of carbonyl (C=O) groups excluding carboxylic acids is 1. The van der Waals surface area contributed by atoms with E-state index in [9.17, 15) is 9.90 Å². The van der Waals surface area contributed by atoms with Crippen molar-refractivity contribution < 1.29 is 9.90 Å². The lowest BCUT2D eigenvalue weighted by atomic mass is 9.85. The fourth-order valence-corrected chi connectivity index (χ4v) is 4.72. The van der Waals surface area contributed by atoms with Crippen LogP contribution in [0.2, 0.25) is 0 Å². The van der Waals surface area contributed by atoms with Crippen LogP contribution in [0.5, 0.6) is 0 Å². The molecule has 0 bridgehead atoms. The van der Waals surface area contributed by atoms with Gasteiger partial charge in [0.15, 0.2) is 5.60 Å². The van der Waals surface area contributed by atoms with E-state index in [4.69, 9.17) is 0 Å². The van der Waals surface area contributed by atoms with Gasteiger partial charge in [0.05, 0.1) is 12.2 Å². The molecular weight excluding hydrogens is 372 g/mol. The number of H-pyrrole nitrogens is 1. The summed E-state index contributed by atoms with van der Waals surface area (Å²) in [6.07, 6.45) is 0.